The van der Waals surface area contributed by atoms with Crippen LogP contribution < -0.4 is 0 Å². The molecule has 0 saturated heterocycles. The van der Waals surface area contributed by atoms with Gasteiger partial charge in [-0.3, -0.25) is 0 Å². The molecule has 0 aliphatic rings. The van der Waals surface area contributed by atoms with E-state index >= 15 is 0 Å². The minimum absolute atomic E-state index is 1.28. The third kappa shape index (κ3) is 3.42. The van der Waals surface area contributed by atoms with Gasteiger partial charge in [0.2, 0.25) is 0 Å². The van der Waals surface area contributed by atoms with Gasteiger partial charge in [-0.25, -0.2) is 0 Å². The van der Waals surface area contributed by atoms with Crippen molar-refractivity contribution < 1.29 is 0 Å². The van der Waals surface area contributed by atoms with Crippen molar-refractivity contribution in [2.24, 2.45) is 0 Å². The summed E-state index contributed by atoms with van der Waals surface area (Å²) >= 11 is 5.42. The number of hydrogen-bond acceptors (Lipinski definition) is 3. The van der Waals surface area contributed by atoms with E-state index in [-0.39, 0.29) is 0 Å². The fourth-order valence-corrected chi connectivity index (χ4v) is 5.61. The molecule has 0 amide bonds. The third-order valence-electron chi connectivity index (χ3n) is 4.56. The molecule has 2 aromatic carbocycles. The summed E-state index contributed by atoms with van der Waals surface area (Å²) in [5.41, 5.74) is 5.13. The molecule has 5 rings (SSSR count). The lowest BCUT2D eigenvalue weighted by Crippen LogP contribution is -1.75. The summed E-state index contributed by atoms with van der Waals surface area (Å²) < 4.78 is 0. The van der Waals surface area contributed by atoms with E-state index < -0.39 is 0 Å². The highest BCUT2D eigenvalue weighted by molar-refractivity contribution is 7.18. The Bertz CT molecular complexity index is 1040. The lowest BCUT2D eigenvalue weighted by atomic mass is 10.1. The minimum Gasteiger partial charge on any atom is -0.144 e. The zero-order valence-corrected chi connectivity index (χ0v) is 16.9. The van der Waals surface area contributed by atoms with Gasteiger partial charge in [-0.2, -0.15) is 0 Å². The molecule has 0 aliphatic carbocycles. The Hall–Kier alpha value is -2.46. The van der Waals surface area contributed by atoms with Crippen LogP contribution >= 0.6 is 34.0 Å². The standard InChI is InChI=1S/C24H16S3/c1-3-21(25-15-1)17-5-9-19(10-6-17)23-13-14-24(27-23)20-11-7-18(8-12-20)22-4-2-16-26-22/h1-16H. The van der Waals surface area contributed by atoms with Gasteiger partial charge in [0, 0.05) is 19.5 Å². The van der Waals surface area contributed by atoms with Gasteiger partial charge in [0.15, 0.2) is 0 Å². The molecule has 3 heteroatoms. The molecule has 0 N–H and O–H groups in total. The Morgan fingerprint density at radius 2 is 0.741 bits per heavy atom. The Kier molecular flexibility index (Phi) is 4.50. The van der Waals surface area contributed by atoms with Crippen molar-refractivity contribution >= 4 is 34.0 Å². The van der Waals surface area contributed by atoms with Crippen LogP contribution in [0.3, 0.4) is 0 Å². The zero-order chi connectivity index (χ0) is 18.1. The monoisotopic (exact) mass is 400 g/mol. The van der Waals surface area contributed by atoms with Crippen molar-refractivity contribution in [1.29, 1.82) is 0 Å². The summed E-state index contributed by atoms with van der Waals surface area (Å²) in [7, 11) is 0. The van der Waals surface area contributed by atoms with Crippen LogP contribution in [0.4, 0.5) is 0 Å². The van der Waals surface area contributed by atoms with E-state index in [1.807, 2.05) is 11.3 Å². The van der Waals surface area contributed by atoms with Crippen LogP contribution in [0, 0.1) is 0 Å². The van der Waals surface area contributed by atoms with Gasteiger partial charge in [0.25, 0.3) is 0 Å². The van der Waals surface area contributed by atoms with Gasteiger partial charge in [-0.15, -0.1) is 34.0 Å². The largest absolute Gasteiger partial charge is 0.144 e. The van der Waals surface area contributed by atoms with Gasteiger partial charge < -0.3 is 0 Å². The average Bonchev–Trinajstić information content (AvgIpc) is 3.51. The van der Waals surface area contributed by atoms with Gasteiger partial charge in [-0.1, -0.05) is 60.7 Å². The summed E-state index contributed by atoms with van der Waals surface area (Å²) in [6, 6.07) is 30.8. The predicted molar refractivity (Wildman–Crippen MR) is 122 cm³/mol. The van der Waals surface area contributed by atoms with Crippen molar-refractivity contribution in [2.75, 3.05) is 0 Å². The number of thiophene rings is 3. The number of benzene rings is 2. The van der Waals surface area contributed by atoms with Crippen molar-refractivity contribution in [1.82, 2.24) is 0 Å². The summed E-state index contributed by atoms with van der Waals surface area (Å²) in [6.07, 6.45) is 0. The average molecular weight is 401 g/mol. The molecule has 0 bridgehead atoms. The predicted octanol–water partition coefficient (Wildman–Crippen LogP) is 8.54. The van der Waals surface area contributed by atoms with Crippen LogP contribution in [-0.2, 0) is 0 Å². The second-order valence-corrected chi connectivity index (χ2v) is 9.25. The molecule has 3 heterocycles. The lowest BCUT2D eigenvalue weighted by Gasteiger charge is -2.02. The van der Waals surface area contributed by atoms with Crippen LogP contribution in [0.5, 0.6) is 0 Å². The van der Waals surface area contributed by atoms with Gasteiger partial charge >= 0.3 is 0 Å². The van der Waals surface area contributed by atoms with Gasteiger partial charge in [-0.05, 0) is 57.3 Å². The lowest BCUT2D eigenvalue weighted by molar-refractivity contribution is 1.68. The van der Waals surface area contributed by atoms with Crippen LogP contribution in [0.25, 0.3) is 41.8 Å². The molecule has 0 fully saturated rings. The maximum Gasteiger partial charge on any atom is 0.0349 e. The first-order valence-electron chi connectivity index (χ1n) is 8.75. The van der Waals surface area contributed by atoms with E-state index in [1.54, 1.807) is 22.7 Å². The van der Waals surface area contributed by atoms with Crippen LogP contribution in [-0.4, -0.2) is 0 Å². The second kappa shape index (κ2) is 7.28. The van der Waals surface area contributed by atoms with Crippen molar-refractivity contribution in [3.63, 3.8) is 0 Å². The molecule has 0 aliphatic heterocycles. The Balaban J connectivity index is 1.39. The van der Waals surface area contributed by atoms with E-state index in [0.717, 1.165) is 0 Å². The highest BCUT2D eigenvalue weighted by Gasteiger charge is 2.07. The smallest absolute Gasteiger partial charge is 0.0349 e. The number of hydrogen-bond donors (Lipinski definition) is 0. The Labute approximate surface area is 171 Å². The maximum absolute atomic E-state index is 2.23. The summed E-state index contributed by atoms with van der Waals surface area (Å²) in [5.74, 6) is 0. The van der Waals surface area contributed by atoms with E-state index in [1.165, 1.54) is 41.8 Å². The van der Waals surface area contributed by atoms with E-state index in [9.17, 15) is 0 Å². The maximum atomic E-state index is 2.23. The van der Waals surface area contributed by atoms with Gasteiger partial charge in [0.1, 0.15) is 0 Å². The summed E-state index contributed by atoms with van der Waals surface area (Å²) in [5, 5.41) is 4.25. The summed E-state index contributed by atoms with van der Waals surface area (Å²) in [6.45, 7) is 0. The second-order valence-electron chi connectivity index (χ2n) is 6.27. The fraction of sp³-hybridized carbons (Fsp3) is 0. The van der Waals surface area contributed by atoms with Gasteiger partial charge in [0.05, 0.1) is 0 Å². The molecule has 0 unspecified atom stereocenters. The molecule has 0 nitrogen and oxygen atoms in total. The first-order valence-corrected chi connectivity index (χ1v) is 11.3. The van der Waals surface area contributed by atoms with Crippen molar-refractivity contribution in [3.05, 3.63) is 95.7 Å². The normalized spacial score (nSPS) is 11.0. The van der Waals surface area contributed by atoms with E-state index in [2.05, 4.69) is 95.7 Å². The zero-order valence-electron chi connectivity index (χ0n) is 14.5. The van der Waals surface area contributed by atoms with Crippen molar-refractivity contribution in [3.8, 4) is 41.8 Å². The molecule has 3 aromatic heterocycles. The Morgan fingerprint density at radius 3 is 1.07 bits per heavy atom. The van der Waals surface area contributed by atoms with Crippen LogP contribution in [0.2, 0.25) is 0 Å². The van der Waals surface area contributed by atoms with Crippen LogP contribution in [0.1, 0.15) is 0 Å². The minimum atomic E-state index is 1.28. The molecular weight excluding hydrogens is 384 g/mol. The highest BCUT2D eigenvalue weighted by atomic mass is 32.1. The molecule has 0 saturated carbocycles. The van der Waals surface area contributed by atoms with Crippen molar-refractivity contribution in [2.45, 2.75) is 0 Å². The first kappa shape index (κ1) is 16.7. The SMILES string of the molecule is c1csc(-c2ccc(-c3ccc(-c4ccc(-c5cccs5)cc4)s3)cc2)c1. The topological polar surface area (TPSA) is 0 Å². The van der Waals surface area contributed by atoms with E-state index in [0.29, 0.717) is 0 Å². The Morgan fingerprint density at radius 1 is 0.370 bits per heavy atom. The molecular formula is C24H16S3. The fourth-order valence-electron chi connectivity index (χ4n) is 3.13. The molecule has 0 spiro atoms. The number of rotatable bonds is 4. The highest BCUT2D eigenvalue weighted by Crippen LogP contribution is 2.36. The quantitative estimate of drug-likeness (QED) is 0.283. The van der Waals surface area contributed by atoms with E-state index in [4.69, 9.17) is 0 Å². The molecule has 0 radical (unpaired) electrons. The third-order valence-corrected chi connectivity index (χ3v) is 7.58. The molecule has 5 aromatic rings. The molecule has 0 atom stereocenters. The van der Waals surface area contributed by atoms with Crippen LogP contribution in [0.15, 0.2) is 95.7 Å². The first-order chi connectivity index (χ1) is 13.4. The molecule has 27 heavy (non-hydrogen) atoms. The summed E-state index contributed by atoms with van der Waals surface area (Å²) in [4.78, 5) is 5.26. The molecule has 130 valence electrons.